The van der Waals surface area contributed by atoms with Crippen molar-refractivity contribution in [1.29, 1.82) is 0 Å². The molecule has 0 bridgehead atoms. The van der Waals surface area contributed by atoms with Crippen LogP contribution >= 0.6 is 11.6 Å². The average molecular weight is 269 g/mol. The van der Waals surface area contributed by atoms with Crippen molar-refractivity contribution in [2.75, 3.05) is 19.3 Å². The zero-order chi connectivity index (χ0) is 13.3. The Balaban J connectivity index is 2.03. The van der Waals surface area contributed by atoms with Gasteiger partial charge in [-0.05, 0) is 37.0 Å². The van der Waals surface area contributed by atoms with Gasteiger partial charge in [-0.25, -0.2) is 0 Å². The van der Waals surface area contributed by atoms with Crippen LogP contribution in [0.4, 0.5) is 5.69 Å². The van der Waals surface area contributed by atoms with Crippen molar-refractivity contribution in [1.82, 2.24) is 4.90 Å². The fraction of sp³-hybridized carbons (Fsp3) is 0.462. The second kappa shape index (κ2) is 5.16. The van der Waals surface area contributed by atoms with Crippen LogP contribution in [0.5, 0.6) is 0 Å². The molecule has 0 saturated heterocycles. The van der Waals surface area contributed by atoms with Gasteiger partial charge in [-0.3, -0.25) is 4.79 Å². The first-order valence-electron chi connectivity index (χ1n) is 5.96. The first-order valence-corrected chi connectivity index (χ1v) is 6.33. The van der Waals surface area contributed by atoms with Crippen molar-refractivity contribution in [2.24, 2.45) is 5.92 Å². The van der Waals surface area contributed by atoms with Crippen molar-refractivity contribution >= 4 is 23.2 Å². The number of amides is 1. The molecule has 0 unspecified atom stereocenters. The molecular formula is C13H17ClN2O2. The van der Waals surface area contributed by atoms with Crippen LogP contribution in [0.3, 0.4) is 0 Å². The van der Waals surface area contributed by atoms with Gasteiger partial charge in [0, 0.05) is 24.3 Å². The van der Waals surface area contributed by atoms with Gasteiger partial charge in [0.05, 0.1) is 11.7 Å². The molecule has 5 heteroatoms. The SMILES string of the molecule is CN(CC1CC(O)C1)C(=O)c1cc(Cl)ccc1N. The quantitative estimate of drug-likeness (QED) is 0.821. The van der Waals surface area contributed by atoms with Gasteiger partial charge in [0.2, 0.25) is 0 Å². The number of carbonyl (C=O) groups excluding carboxylic acids is 1. The van der Waals surface area contributed by atoms with Gasteiger partial charge in [0.1, 0.15) is 0 Å². The Bertz CT molecular complexity index is 458. The molecule has 1 aromatic carbocycles. The smallest absolute Gasteiger partial charge is 0.255 e. The summed E-state index contributed by atoms with van der Waals surface area (Å²) in [5, 5.41) is 9.73. The lowest BCUT2D eigenvalue weighted by Crippen LogP contribution is -2.39. The maximum atomic E-state index is 12.2. The Kier molecular flexibility index (Phi) is 3.78. The van der Waals surface area contributed by atoms with E-state index in [0.717, 1.165) is 12.8 Å². The second-order valence-electron chi connectivity index (χ2n) is 4.91. The third-order valence-electron chi connectivity index (χ3n) is 3.34. The first-order chi connectivity index (χ1) is 8.47. The fourth-order valence-corrected chi connectivity index (χ4v) is 2.41. The van der Waals surface area contributed by atoms with Crippen LogP contribution in [0, 0.1) is 5.92 Å². The molecule has 1 fully saturated rings. The van der Waals surface area contributed by atoms with E-state index in [-0.39, 0.29) is 12.0 Å². The zero-order valence-corrected chi connectivity index (χ0v) is 11.0. The van der Waals surface area contributed by atoms with Gasteiger partial charge >= 0.3 is 0 Å². The minimum atomic E-state index is -0.199. The predicted octanol–water partition coefficient (Wildman–Crippen LogP) is 1.77. The average Bonchev–Trinajstić information content (AvgIpc) is 2.29. The Hall–Kier alpha value is -1.26. The maximum Gasteiger partial charge on any atom is 0.255 e. The van der Waals surface area contributed by atoms with Gasteiger partial charge in [-0.1, -0.05) is 11.6 Å². The van der Waals surface area contributed by atoms with Crippen LogP contribution in [0.15, 0.2) is 18.2 Å². The Morgan fingerprint density at radius 2 is 2.22 bits per heavy atom. The molecule has 1 aliphatic rings. The summed E-state index contributed by atoms with van der Waals surface area (Å²) < 4.78 is 0. The minimum Gasteiger partial charge on any atom is -0.398 e. The van der Waals surface area contributed by atoms with E-state index < -0.39 is 0 Å². The molecule has 0 aliphatic heterocycles. The number of hydrogen-bond acceptors (Lipinski definition) is 3. The van der Waals surface area contributed by atoms with Gasteiger partial charge in [0.15, 0.2) is 0 Å². The van der Waals surface area contributed by atoms with E-state index in [2.05, 4.69) is 0 Å². The minimum absolute atomic E-state index is 0.128. The molecule has 3 N–H and O–H groups in total. The molecule has 98 valence electrons. The van der Waals surface area contributed by atoms with Crippen molar-refractivity contribution in [2.45, 2.75) is 18.9 Å². The molecule has 0 radical (unpaired) electrons. The highest BCUT2D eigenvalue weighted by Gasteiger charge is 2.29. The number of rotatable bonds is 3. The van der Waals surface area contributed by atoms with Crippen LogP contribution < -0.4 is 5.73 Å². The number of carbonyl (C=O) groups is 1. The number of aliphatic hydroxyl groups excluding tert-OH is 1. The highest BCUT2D eigenvalue weighted by atomic mass is 35.5. The van der Waals surface area contributed by atoms with Gasteiger partial charge in [-0.15, -0.1) is 0 Å². The van der Waals surface area contributed by atoms with Crippen molar-refractivity contribution < 1.29 is 9.90 Å². The number of benzene rings is 1. The van der Waals surface area contributed by atoms with Crippen molar-refractivity contribution in [3.63, 3.8) is 0 Å². The Morgan fingerprint density at radius 1 is 1.56 bits per heavy atom. The maximum absolute atomic E-state index is 12.2. The molecule has 0 heterocycles. The highest BCUT2D eigenvalue weighted by molar-refractivity contribution is 6.31. The van der Waals surface area contributed by atoms with Gasteiger partial charge < -0.3 is 15.7 Å². The molecule has 2 rings (SSSR count). The van der Waals surface area contributed by atoms with E-state index in [1.807, 2.05) is 0 Å². The lowest BCUT2D eigenvalue weighted by molar-refractivity contribution is 0.0265. The molecule has 0 spiro atoms. The molecule has 1 amide bonds. The van der Waals surface area contributed by atoms with Crippen LogP contribution in [-0.4, -0.2) is 35.6 Å². The molecule has 1 aromatic rings. The summed E-state index contributed by atoms with van der Waals surface area (Å²) >= 11 is 5.87. The van der Waals surface area contributed by atoms with Crippen LogP contribution in [0.1, 0.15) is 23.2 Å². The number of anilines is 1. The highest BCUT2D eigenvalue weighted by Crippen LogP contribution is 2.28. The summed E-state index contributed by atoms with van der Waals surface area (Å²) in [4.78, 5) is 13.8. The normalized spacial score (nSPS) is 22.4. The molecule has 0 atom stereocenters. The predicted molar refractivity (Wildman–Crippen MR) is 71.6 cm³/mol. The van der Waals surface area contributed by atoms with Crippen LogP contribution in [0.25, 0.3) is 0 Å². The Labute approximate surface area is 111 Å². The summed E-state index contributed by atoms with van der Waals surface area (Å²) in [6.45, 7) is 0.641. The summed E-state index contributed by atoms with van der Waals surface area (Å²) in [5.41, 5.74) is 6.65. The fourth-order valence-electron chi connectivity index (χ4n) is 2.24. The lowest BCUT2D eigenvalue weighted by Gasteiger charge is -2.34. The molecule has 1 aliphatic carbocycles. The number of hydrogen-bond donors (Lipinski definition) is 2. The van der Waals surface area contributed by atoms with Crippen LogP contribution in [0.2, 0.25) is 5.02 Å². The monoisotopic (exact) mass is 268 g/mol. The summed E-state index contributed by atoms with van der Waals surface area (Å²) in [6, 6.07) is 4.89. The van der Waals surface area contributed by atoms with Crippen molar-refractivity contribution in [3.8, 4) is 0 Å². The van der Waals surface area contributed by atoms with Crippen molar-refractivity contribution in [3.05, 3.63) is 28.8 Å². The molecule has 18 heavy (non-hydrogen) atoms. The van der Waals surface area contributed by atoms with Gasteiger partial charge in [-0.2, -0.15) is 0 Å². The summed E-state index contributed by atoms with van der Waals surface area (Å²) in [7, 11) is 1.74. The summed E-state index contributed by atoms with van der Waals surface area (Å²) in [5.74, 6) is 0.255. The number of nitrogens with zero attached hydrogens (tertiary/aromatic N) is 1. The zero-order valence-electron chi connectivity index (χ0n) is 10.3. The van der Waals surface area contributed by atoms with E-state index in [0.29, 0.717) is 28.7 Å². The summed E-state index contributed by atoms with van der Waals surface area (Å²) in [6.07, 6.45) is 1.33. The largest absolute Gasteiger partial charge is 0.398 e. The third-order valence-corrected chi connectivity index (χ3v) is 3.57. The van der Waals surface area contributed by atoms with Crippen LogP contribution in [-0.2, 0) is 0 Å². The van der Waals surface area contributed by atoms with Gasteiger partial charge in [0.25, 0.3) is 5.91 Å². The third kappa shape index (κ3) is 2.76. The standard InChI is InChI=1S/C13H17ClN2O2/c1-16(7-8-4-10(17)5-8)13(18)11-6-9(14)2-3-12(11)15/h2-3,6,8,10,17H,4-5,7,15H2,1H3. The van der Waals surface area contributed by atoms with E-state index in [4.69, 9.17) is 17.3 Å². The second-order valence-corrected chi connectivity index (χ2v) is 5.34. The molecule has 0 aromatic heterocycles. The topological polar surface area (TPSA) is 66.6 Å². The number of nitrogens with two attached hydrogens (primary N) is 1. The molecule has 1 saturated carbocycles. The number of halogens is 1. The van der Waals surface area contributed by atoms with E-state index in [9.17, 15) is 9.90 Å². The molecular weight excluding hydrogens is 252 g/mol. The van der Waals surface area contributed by atoms with E-state index in [1.165, 1.54) is 0 Å². The number of aliphatic hydroxyl groups is 1. The van der Waals surface area contributed by atoms with E-state index >= 15 is 0 Å². The number of nitrogen functional groups attached to an aromatic ring is 1. The first kappa shape index (κ1) is 13.2. The Morgan fingerprint density at radius 3 is 2.83 bits per heavy atom. The molecule has 4 nitrogen and oxygen atoms in total. The van der Waals surface area contributed by atoms with E-state index in [1.54, 1.807) is 30.1 Å². The lowest BCUT2D eigenvalue weighted by atomic mass is 9.82.